The molecule has 0 aliphatic heterocycles. The Hall–Kier alpha value is -3.83. The minimum atomic E-state index is -0.550. The quantitative estimate of drug-likeness (QED) is 0.324. The molecule has 0 unspecified atom stereocenters. The molecule has 1 amide bonds. The van der Waals surface area contributed by atoms with Crippen LogP contribution in [0.3, 0.4) is 0 Å². The summed E-state index contributed by atoms with van der Waals surface area (Å²) in [5.41, 5.74) is 10.5. The Labute approximate surface area is 195 Å². The van der Waals surface area contributed by atoms with Crippen LogP contribution in [0.2, 0.25) is 0 Å². The first-order valence-electron chi connectivity index (χ1n) is 10.6. The molecule has 1 aromatic heterocycles. The van der Waals surface area contributed by atoms with Crippen molar-refractivity contribution in [1.29, 1.82) is 0 Å². The number of thiazole rings is 1. The van der Waals surface area contributed by atoms with Gasteiger partial charge in [0, 0.05) is 18.9 Å². The molecule has 3 aromatic rings. The molecule has 0 radical (unpaired) electrons. The number of nitrogens with one attached hydrogen (secondary N) is 1. The predicted octanol–water partition coefficient (Wildman–Crippen LogP) is 4.18. The molecule has 168 valence electrons. The topological polar surface area (TPSA) is 104 Å². The van der Waals surface area contributed by atoms with E-state index in [4.69, 9.17) is 15.2 Å². The van der Waals surface area contributed by atoms with Crippen molar-refractivity contribution >= 4 is 28.5 Å². The Kier molecular flexibility index (Phi) is 6.91. The van der Waals surface area contributed by atoms with Crippen LogP contribution in [0.4, 0.5) is 9.93 Å². The highest BCUT2D eigenvalue weighted by Gasteiger charge is 2.28. The fourth-order valence-corrected chi connectivity index (χ4v) is 4.47. The number of nitrogens with zero attached hydrogens (tertiary/aromatic N) is 1. The van der Waals surface area contributed by atoms with Gasteiger partial charge in [-0.05, 0) is 29.2 Å². The molecule has 1 heterocycles. The second kappa shape index (κ2) is 10.2. The lowest BCUT2D eigenvalue weighted by atomic mass is 9.98. The van der Waals surface area contributed by atoms with Gasteiger partial charge in [0.05, 0.1) is 6.61 Å². The van der Waals surface area contributed by atoms with Gasteiger partial charge in [-0.25, -0.2) is 14.6 Å². The largest absolute Gasteiger partial charge is 0.461 e. The zero-order chi connectivity index (χ0) is 23.2. The van der Waals surface area contributed by atoms with Crippen LogP contribution in [0.1, 0.15) is 45.8 Å². The number of nitrogen functional groups attached to an aromatic ring is 1. The summed E-state index contributed by atoms with van der Waals surface area (Å²) in [5, 5.41) is 2.96. The lowest BCUT2D eigenvalue weighted by molar-refractivity contribution is 0.0520. The van der Waals surface area contributed by atoms with Crippen LogP contribution in [0.25, 0.3) is 11.1 Å². The van der Waals surface area contributed by atoms with Crippen molar-refractivity contribution in [3.8, 4) is 23.0 Å². The van der Waals surface area contributed by atoms with Gasteiger partial charge in [0.25, 0.3) is 0 Å². The molecule has 0 atom stereocenters. The van der Waals surface area contributed by atoms with Crippen molar-refractivity contribution in [2.24, 2.45) is 0 Å². The zero-order valence-electron chi connectivity index (χ0n) is 18.1. The molecular formula is C25H23N3O4S. The van der Waals surface area contributed by atoms with Gasteiger partial charge >= 0.3 is 12.1 Å². The Bertz CT molecular complexity index is 1200. The number of carbonyl (C=O) groups is 2. The first kappa shape index (κ1) is 22.4. The smallest absolute Gasteiger partial charge is 0.407 e. The maximum Gasteiger partial charge on any atom is 0.407 e. The molecule has 0 bridgehead atoms. The fraction of sp³-hybridized carbons (Fsp3) is 0.240. The van der Waals surface area contributed by atoms with Crippen LogP contribution < -0.4 is 11.1 Å². The number of nitrogens with two attached hydrogens (primary N) is 1. The number of aromatic nitrogens is 1. The maximum atomic E-state index is 12.2. The summed E-state index contributed by atoms with van der Waals surface area (Å²) in [4.78, 5) is 28.6. The van der Waals surface area contributed by atoms with E-state index in [-0.39, 0.29) is 30.0 Å². The first-order chi connectivity index (χ1) is 16.1. The van der Waals surface area contributed by atoms with Gasteiger partial charge in [-0.3, -0.25) is 0 Å². The number of esters is 1. The normalized spacial score (nSPS) is 11.7. The lowest BCUT2D eigenvalue weighted by Crippen LogP contribution is -2.26. The Balaban J connectivity index is 1.29. The van der Waals surface area contributed by atoms with Crippen LogP contribution in [-0.4, -0.2) is 36.8 Å². The van der Waals surface area contributed by atoms with Crippen molar-refractivity contribution in [1.82, 2.24) is 10.3 Å². The maximum absolute atomic E-state index is 12.2. The van der Waals surface area contributed by atoms with Gasteiger partial charge in [-0.2, -0.15) is 0 Å². The summed E-state index contributed by atoms with van der Waals surface area (Å²) in [7, 11) is 0. The van der Waals surface area contributed by atoms with Crippen LogP contribution in [0.5, 0.6) is 0 Å². The van der Waals surface area contributed by atoms with E-state index in [1.54, 1.807) is 6.92 Å². The minimum absolute atomic E-state index is 0.0148. The number of amides is 1. The van der Waals surface area contributed by atoms with E-state index >= 15 is 0 Å². The zero-order valence-corrected chi connectivity index (χ0v) is 18.9. The second-order valence-corrected chi connectivity index (χ2v) is 8.29. The van der Waals surface area contributed by atoms with Crippen LogP contribution in [0.15, 0.2) is 48.5 Å². The third-order valence-corrected chi connectivity index (χ3v) is 5.98. The van der Waals surface area contributed by atoms with Gasteiger partial charge < -0.3 is 20.5 Å². The minimum Gasteiger partial charge on any atom is -0.461 e. The van der Waals surface area contributed by atoms with Gasteiger partial charge in [0.15, 0.2) is 10.8 Å². The van der Waals surface area contributed by atoms with E-state index in [1.165, 1.54) is 22.3 Å². The second-order valence-electron chi connectivity index (χ2n) is 7.25. The monoisotopic (exact) mass is 461 g/mol. The van der Waals surface area contributed by atoms with E-state index in [0.29, 0.717) is 17.8 Å². The molecule has 33 heavy (non-hydrogen) atoms. The van der Waals surface area contributed by atoms with Crippen molar-refractivity contribution < 1.29 is 19.1 Å². The molecule has 0 spiro atoms. The molecule has 0 fully saturated rings. The summed E-state index contributed by atoms with van der Waals surface area (Å²) in [6.07, 6.45) is -0.113. The molecule has 1 aliphatic rings. The van der Waals surface area contributed by atoms with Crippen molar-refractivity contribution in [3.05, 3.63) is 70.2 Å². The van der Waals surface area contributed by atoms with Crippen LogP contribution in [0, 0.1) is 11.8 Å². The molecule has 1 aliphatic carbocycles. The third-order valence-electron chi connectivity index (χ3n) is 5.18. The number of ether oxygens (including phenoxy) is 2. The number of carbonyl (C=O) groups excluding carboxylic acids is 2. The summed E-state index contributed by atoms with van der Waals surface area (Å²) in [6, 6.07) is 16.4. The molecule has 8 heteroatoms. The molecule has 3 N–H and O–H groups in total. The number of hydrogen-bond donors (Lipinski definition) is 2. The average Bonchev–Trinajstić information content (AvgIpc) is 3.35. The molecular weight excluding hydrogens is 438 g/mol. The van der Waals surface area contributed by atoms with Crippen LogP contribution in [-0.2, 0) is 9.47 Å². The van der Waals surface area contributed by atoms with Gasteiger partial charge in [-0.1, -0.05) is 71.7 Å². The van der Waals surface area contributed by atoms with Crippen molar-refractivity contribution in [2.75, 3.05) is 25.5 Å². The van der Waals surface area contributed by atoms with Crippen molar-refractivity contribution in [2.45, 2.75) is 19.3 Å². The molecule has 0 saturated heterocycles. The van der Waals surface area contributed by atoms with Gasteiger partial charge in [-0.15, -0.1) is 0 Å². The Morgan fingerprint density at radius 3 is 2.42 bits per heavy atom. The van der Waals surface area contributed by atoms with E-state index in [2.05, 4.69) is 46.4 Å². The Morgan fingerprint density at radius 1 is 1.09 bits per heavy atom. The standard InChI is InChI=1S/C25H23N3O4S/c1-2-31-23(29)22-21(33-24(26)28-22)13-7-8-14-27-25(30)32-15-20-18-11-5-3-9-16(18)17-10-4-6-12-19(17)20/h3-6,9-12,20H,2,8,14-15H2,1H3,(H2,26,28)(H,27,30). The van der Waals surface area contributed by atoms with Crippen molar-refractivity contribution in [3.63, 3.8) is 0 Å². The average molecular weight is 462 g/mol. The fourth-order valence-electron chi connectivity index (χ4n) is 3.78. The number of rotatable bonds is 6. The molecule has 7 nitrogen and oxygen atoms in total. The van der Waals surface area contributed by atoms with E-state index < -0.39 is 12.1 Å². The first-order valence-corrected chi connectivity index (χ1v) is 11.4. The highest BCUT2D eigenvalue weighted by molar-refractivity contribution is 7.16. The van der Waals surface area contributed by atoms with Gasteiger partial charge in [0.1, 0.15) is 11.5 Å². The predicted molar refractivity (Wildman–Crippen MR) is 127 cm³/mol. The summed E-state index contributed by atoms with van der Waals surface area (Å²) < 4.78 is 10.5. The summed E-state index contributed by atoms with van der Waals surface area (Å²) >= 11 is 1.12. The lowest BCUT2D eigenvalue weighted by Gasteiger charge is -2.14. The number of anilines is 1. The highest BCUT2D eigenvalue weighted by Crippen LogP contribution is 2.44. The third kappa shape index (κ3) is 4.99. The highest BCUT2D eigenvalue weighted by atomic mass is 32.1. The number of alkyl carbamates (subject to hydrolysis) is 1. The molecule has 0 saturated carbocycles. The van der Waals surface area contributed by atoms with E-state index in [0.717, 1.165) is 11.3 Å². The van der Waals surface area contributed by atoms with Crippen LogP contribution >= 0.6 is 11.3 Å². The number of benzene rings is 2. The number of fused-ring (bicyclic) bond motifs is 3. The SMILES string of the molecule is CCOC(=O)c1nc(N)sc1C#CCCNC(=O)OCC1c2ccccc2-c2ccccc21. The number of hydrogen-bond acceptors (Lipinski definition) is 7. The summed E-state index contributed by atoms with van der Waals surface area (Å²) in [6.45, 7) is 2.53. The Morgan fingerprint density at radius 2 is 1.76 bits per heavy atom. The molecule has 4 rings (SSSR count). The van der Waals surface area contributed by atoms with E-state index in [9.17, 15) is 9.59 Å². The van der Waals surface area contributed by atoms with E-state index in [1.807, 2.05) is 24.3 Å². The summed E-state index contributed by atoms with van der Waals surface area (Å²) in [5.74, 6) is 5.26. The molecule has 2 aromatic carbocycles. The van der Waals surface area contributed by atoms with Gasteiger partial charge in [0.2, 0.25) is 0 Å².